The molecule has 0 saturated carbocycles. The van der Waals surface area contributed by atoms with Gasteiger partial charge in [-0.1, -0.05) is 6.92 Å². The monoisotopic (exact) mass is 441 g/mol. The maximum absolute atomic E-state index is 11.9. The first kappa shape index (κ1) is 23.0. The van der Waals surface area contributed by atoms with E-state index in [0.717, 1.165) is 16.3 Å². The first-order valence-electron chi connectivity index (χ1n) is 9.30. The highest BCUT2D eigenvalue weighted by atomic mass is 32.1. The lowest BCUT2D eigenvalue weighted by atomic mass is 10.2. The van der Waals surface area contributed by atoms with Gasteiger partial charge in [-0.3, -0.25) is 14.9 Å². The third kappa shape index (κ3) is 9.20. The number of nitrogens with zero attached hydrogens (tertiary/aromatic N) is 3. The summed E-state index contributed by atoms with van der Waals surface area (Å²) in [5.74, 6) is 0. The fraction of sp³-hybridized carbons (Fsp3) is 0.556. The molecule has 2 atom stereocenters. The van der Waals surface area contributed by atoms with E-state index in [-0.39, 0.29) is 25.3 Å². The van der Waals surface area contributed by atoms with Crippen LogP contribution in [0.5, 0.6) is 0 Å². The predicted molar refractivity (Wildman–Crippen MR) is 112 cm³/mol. The topological polar surface area (TPSA) is 106 Å². The van der Waals surface area contributed by atoms with Crippen LogP contribution in [-0.2, 0) is 22.7 Å². The number of rotatable bonds is 11. The van der Waals surface area contributed by atoms with Crippen LogP contribution in [0.2, 0.25) is 0 Å². The molecule has 0 fully saturated rings. The molecular formula is C18H27N5O4S2. The molecule has 0 aromatic carbocycles. The Balaban J connectivity index is 1.65. The van der Waals surface area contributed by atoms with Gasteiger partial charge >= 0.3 is 12.2 Å². The third-order valence-electron chi connectivity index (χ3n) is 3.90. The van der Waals surface area contributed by atoms with Crippen molar-refractivity contribution < 1.29 is 19.1 Å². The number of thiazole rings is 2. The molecule has 2 rings (SSSR count). The van der Waals surface area contributed by atoms with Crippen LogP contribution in [0.4, 0.5) is 9.59 Å². The number of ether oxygens (including phenoxy) is 2. The van der Waals surface area contributed by atoms with Crippen LogP contribution >= 0.6 is 22.7 Å². The number of aromatic nitrogens is 2. The molecule has 0 saturated heterocycles. The molecule has 2 heterocycles. The number of carbonyl (C=O) groups excluding carboxylic acids is 2. The molecule has 29 heavy (non-hydrogen) atoms. The average molecular weight is 442 g/mol. The Labute approximate surface area is 178 Å². The predicted octanol–water partition coefficient (Wildman–Crippen LogP) is 2.85. The molecule has 11 heteroatoms. The number of carbonyl (C=O) groups is 2. The Morgan fingerprint density at radius 2 is 1.41 bits per heavy atom. The second kappa shape index (κ2) is 12.3. The van der Waals surface area contributed by atoms with Crippen molar-refractivity contribution >= 4 is 34.9 Å². The van der Waals surface area contributed by atoms with Gasteiger partial charge in [-0.2, -0.15) is 0 Å². The van der Waals surface area contributed by atoms with Gasteiger partial charge in [0, 0.05) is 37.6 Å². The van der Waals surface area contributed by atoms with Crippen molar-refractivity contribution in [1.82, 2.24) is 25.5 Å². The fourth-order valence-corrected chi connectivity index (χ4v) is 3.60. The van der Waals surface area contributed by atoms with Gasteiger partial charge in [-0.25, -0.2) is 9.59 Å². The summed E-state index contributed by atoms with van der Waals surface area (Å²) < 4.78 is 10.4. The van der Waals surface area contributed by atoms with Crippen molar-refractivity contribution in [3.05, 3.63) is 33.2 Å². The van der Waals surface area contributed by atoms with E-state index in [9.17, 15) is 9.59 Å². The number of hydrogen-bond acceptors (Lipinski definition) is 9. The minimum atomic E-state index is -0.459. The van der Waals surface area contributed by atoms with Gasteiger partial charge in [0.1, 0.15) is 13.2 Å². The fourth-order valence-electron chi connectivity index (χ4n) is 2.58. The van der Waals surface area contributed by atoms with Gasteiger partial charge < -0.3 is 20.1 Å². The molecule has 160 valence electrons. The van der Waals surface area contributed by atoms with Crippen molar-refractivity contribution in [3.63, 3.8) is 0 Å². The number of likely N-dealkylation sites (N-methyl/N-ethyl adjacent to an activating group) is 1. The molecule has 2 amide bonds. The molecule has 0 radical (unpaired) electrons. The second-order valence-corrected chi connectivity index (χ2v) is 8.47. The Morgan fingerprint density at radius 1 is 0.966 bits per heavy atom. The van der Waals surface area contributed by atoms with E-state index in [1.165, 1.54) is 22.7 Å². The van der Waals surface area contributed by atoms with Crippen LogP contribution < -0.4 is 10.6 Å². The van der Waals surface area contributed by atoms with Gasteiger partial charge in [-0.15, -0.1) is 22.7 Å². The lowest BCUT2D eigenvalue weighted by molar-refractivity contribution is 0.130. The first-order valence-corrected chi connectivity index (χ1v) is 11.1. The number of alkyl carbamates (subject to hydrolysis) is 2. The molecule has 2 aromatic rings. The second-order valence-electron chi connectivity index (χ2n) is 6.53. The van der Waals surface area contributed by atoms with E-state index >= 15 is 0 Å². The highest BCUT2D eigenvalue weighted by molar-refractivity contribution is 7.09. The molecule has 0 aliphatic heterocycles. The summed E-state index contributed by atoms with van der Waals surface area (Å²) in [6.07, 6.45) is 2.44. The lowest BCUT2D eigenvalue weighted by Gasteiger charge is -2.27. The van der Waals surface area contributed by atoms with Crippen LogP contribution in [0.3, 0.4) is 0 Å². The van der Waals surface area contributed by atoms with Crippen LogP contribution in [0.1, 0.15) is 30.5 Å². The normalized spacial score (nSPS) is 13.0. The Kier molecular flexibility index (Phi) is 9.81. The van der Waals surface area contributed by atoms with E-state index in [0.29, 0.717) is 13.1 Å². The van der Waals surface area contributed by atoms with Crippen molar-refractivity contribution in [2.75, 3.05) is 19.6 Å². The van der Waals surface area contributed by atoms with Gasteiger partial charge in [-0.05, 0) is 20.4 Å². The van der Waals surface area contributed by atoms with Gasteiger partial charge in [0.05, 0.1) is 20.8 Å². The Hall–Kier alpha value is -2.24. The van der Waals surface area contributed by atoms with Crippen LogP contribution in [-0.4, -0.2) is 58.8 Å². The lowest BCUT2D eigenvalue weighted by Crippen LogP contribution is -2.47. The minimum Gasteiger partial charge on any atom is -0.444 e. The largest absolute Gasteiger partial charge is 0.444 e. The third-order valence-corrected chi connectivity index (χ3v) is 5.40. The molecule has 2 unspecified atom stereocenters. The van der Waals surface area contributed by atoms with Gasteiger partial charge in [0.25, 0.3) is 0 Å². The first-order chi connectivity index (χ1) is 14.0. The number of nitrogens with one attached hydrogen (secondary N) is 2. The SMILES string of the molecule is CCN(CC(C)NC(=O)OCc1cncs1)CC(C)NC(=O)OCc1cncs1. The number of amides is 2. The quantitative estimate of drug-likeness (QED) is 0.552. The summed E-state index contributed by atoms with van der Waals surface area (Å²) >= 11 is 2.88. The number of hydrogen-bond donors (Lipinski definition) is 2. The summed E-state index contributed by atoms with van der Waals surface area (Å²) in [5.41, 5.74) is 3.39. The van der Waals surface area contributed by atoms with Gasteiger partial charge in [0.15, 0.2) is 0 Å². The molecular weight excluding hydrogens is 414 g/mol. The maximum atomic E-state index is 11.9. The molecule has 9 nitrogen and oxygen atoms in total. The van der Waals surface area contributed by atoms with Crippen molar-refractivity contribution in [1.29, 1.82) is 0 Å². The van der Waals surface area contributed by atoms with Crippen molar-refractivity contribution in [2.45, 2.75) is 46.1 Å². The van der Waals surface area contributed by atoms with Crippen LogP contribution in [0.15, 0.2) is 23.4 Å². The summed E-state index contributed by atoms with van der Waals surface area (Å²) in [4.78, 5) is 35.6. The van der Waals surface area contributed by atoms with Crippen molar-refractivity contribution in [2.24, 2.45) is 0 Å². The Morgan fingerprint density at radius 3 is 1.76 bits per heavy atom. The average Bonchev–Trinajstić information content (AvgIpc) is 3.37. The maximum Gasteiger partial charge on any atom is 0.407 e. The zero-order chi connectivity index (χ0) is 21.1. The van der Waals surface area contributed by atoms with E-state index in [1.807, 2.05) is 20.8 Å². The van der Waals surface area contributed by atoms with Crippen LogP contribution in [0, 0.1) is 0 Å². The molecule has 0 spiro atoms. The molecule has 2 aromatic heterocycles. The van der Waals surface area contributed by atoms with Gasteiger partial charge in [0.2, 0.25) is 0 Å². The van der Waals surface area contributed by atoms with E-state index < -0.39 is 12.2 Å². The van der Waals surface area contributed by atoms with Crippen molar-refractivity contribution in [3.8, 4) is 0 Å². The highest BCUT2D eigenvalue weighted by Crippen LogP contribution is 2.08. The Bertz CT molecular complexity index is 666. The minimum absolute atomic E-state index is 0.102. The molecule has 0 aliphatic rings. The zero-order valence-electron chi connectivity index (χ0n) is 16.8. The summed E-state index contributed by atoms with van der Waals surface area (Å²) in [7, 11) is 0. The van der Waals surface area contributed by atoms with E-state index in [1.54, 1.807) is 23.4 Å². The highest BCUT2D eigenvalue weighted by Gasteiger charge is 2.16. The smallest absolute Gasteiger partial charge is 0.407 e. The zero-order valence-corrected chi connectivity index (χ0v) is 18.4. The van der Waals surface area contributed by atoms with E-state index in [4.69, 9.17) is 9.47 Å². The van der Waals surface area contributed by atoms with E-state index in [2.05, 4.69) is 25.5 Å². The molecule has 2 N–H and O–H groups in total. The van der Waals surface area contributed by atoms with Crippen LogP contribution in [0.25, 0.3) is 0 Å². The summed E-state index contributed by atoms with van der Waals surface area (Å²) in [6.45, 7) is 8.34. The standard InChI is InChI=1S/C18H27N5O4S2/c1-4-23(7-13(2)21-17(24)26-9-15-5-19-11-28-15)8-14(3)22-18(25)27-10-16-6-20-12-29-16/h5-6,11-14H,4,7-10H2,1-3H3,(H,21,24)(H,22,25). The molecule has 0 bridgehead atoms. The summed E-state index contributed by atoms with van der Waals surface area (Å²) in [5, 5.41) is 5.64. The summed E-state index contributed by atoms with van der Waals surface area (Å²) in [6, 6.07) is -0.205. The molecule has 0 aliphatic carbocycles.